The van der Waals surface area contributed by atoms with Crippen molar-refractivity contribution in [2.75, 3.05) is 0 Å². The molecular formula is C9H5BrN2O2. The molecule has 5 heteroatoms. The second-order valence-corrected chi connectivity index (χ2v) is 3.70. The van der Waals surface area contributed by atoms with E-state index < -0.39 is 4.92 Å². The van der Waals surface area contributed by atoms with Crippen molar-refractivity contribution in [1.82, 2.24) is 4.98 Å². The summed E-state index contributed by atoms with van der Waals surface area (Å²) in [6.07, 6.45) is 1.62. The first-order chi connectivity index (χ1) is 6.66. The van der Waals surface area contributed by atoms with Gasteiger partial charge in [0.1, 0.15) is 0 Å². The number of benzene rings is 1. The largest absolute Gasteiger partial charge is 0.271 e. The van der Waals surface area contributed by atoms with Crippen molar-refractivity contribution >= 4 is 32.5 Å². The van der Waals surface area contributed by atoms with E-state index in [0.29, 0.717) is 5.52 Å². The van der Waals surface area contributed by atoms with E-state index in [4.69, 9.17) is 0 Å². The Morgan fingerprint density at radius 1 is 1.36 bits per heavy atom. The summed E-state index contributed by atoms with van der Waals surface area (Å²) in [6, 6.07) is 6.48. The minimum absolute atomic E-state index is 0.0623. The summed E-state index contributed by atoms with van der Waals surface area (Å²) in [6.45, 7) is 0. The molecule has 0 aliphatic carbocycles. The number of non-ortho nitro benzene ring substituents is 1. The Morgan fingerprint density at radius 3 is 2.86 bits per heavy atom. The van der Waals surface area contributed by atoms with Gasteiger partial charge in [0.25, 0.3) is 5.69 Å². The van der Waals surface area contributed by atoms with Crippen LogP contribution in [0.1, 0.15) is 0 Å². The molecule has 2 aromatic rings. The highest BCUT2D eigenvalue weighted by molar-refractivity contribution is 9.10. The number of aromatic nitrogens is 1. The number of fused-ring (bicyclic) bond motifs is 1. The Morgan fingerprint density at radius 2 is 2.14 bits per heavy atom. The number of halogens is 1. The molecule has 14 heavy (non-hydrogen) atoms. The van der Waals surface area contributed by atoms with E-state index in [9.17, 15) is 10.1 Å². The van der Waals surface area contributed by atoms with Gasteiger partial charge in [-0.25, -0.2) is 0 Å². The zero-order chi connectivity index (χ0) is 10.1. The molecule has 0 aliphatic rings. The Labute approximate surface area is 87.9 Å². The van der Waals surface area contributed by atoms with E-state index in [1.807, 2.05) is 6.07 Å². The van der Waals surface area contributed by atoms with E-state index in [2.05, 4.69) is 20.9 Å². The molecule has 0 amide bonds. The van der Waals surface area contributed by atoms with Gasteiger partial charge < -0.3 is 0 Å². The van der Waals surface area contributed by atoms with Crippen molar-refractivity contribution in [1.29, 1.82) is 0 Å². The summed E-state index contributed by atoms with van der Waals surface area (Å²) >= 11 is 3.28. The average Bonchev–Trinajstić information content (AvgIpc) is 2.16. The van der Waals surface area contributed by atoms with Crippen LogP contribution < -0.4 is 0 Å². The zero-order valence-corrected chi connectivity index (χ0v) is 8.56. The summed E-state index contributed by atoms with van der Waals surface area (Å²) < 4.78 is 0.860. The standard InChI is InChI=1S/C9H5BrN2O2/c10-7-3-6-1-2-8(12(13)14)4-9(6)11-5-7/h1-5H. The molecule has 1 heterocycles. The van der Waals surface area contributed by atoms with Gasteiger partial charge in [0.2, 0.25) is 0 Å². The fourth-order valence-electron chi connectivity index (χ4n) is 1.20. The lowest BCUT2D eigenvalue weighted by molar-refractivity contribution is -0.384. The van der Waals surface area contributed by atoms with Gasteiger partial charge in [-0.1, -0.05) is 0 Å². The Balaban J connectivity index is 2.67. The maximum Gasteiger partial charge on any atom is 0.271 e. The first-order valence-corrected chi connectivity index (χ1v) is 4.66. The van der Waals surface area contributed by atoms with Gasteiger partial charge in [-0.15, -0.1) is 0 Å². The van der Waals surface area contributed by atoms with Crippen LogP contribution >= 0.6 is 15.9 Å². The molecule has 1 aromatic carbocycles. The lowest BCUT2D eigenvalue weighted by Gasteiger charge is -1.97. The van der Waals surface area contributed by atoms with Gasteiger partial charge in [-0.3, -0.25) is 15.1 Å². The molecule has 0 spiro atoms. The van der Waals surface area contributed by atoms with Crippen LogP contribution in [-0.2, 0) is 0 Å². The van der Waals surface area contributed by atoms with Crippen LogP contribution in [0.2, 0.25) is 0 Å². The van der Waals surface area contributed by atoms with Crippen LogP contribution in [0.25, 0.3) is 10.9 Å². The number of pyridine rings is 1. The Hall–Kier alpha value is -1.49. The summed E-state index contributed by atoms with van der Waals surface area (Å²) in [5.41, 5.74) is 0.690. The van der Waals surface area contributed by atoms with E-state index in [1.165, 1.54) is 12.1 Å². The molecule has 0 saturated carbocycles. The van der Waals surface area contributed by atoms with Gasteiger partial charge >= 0.3 is 0 Å². The van der Waals surface area contributed by atoms with Crippen LogP contribution in [-0.4, -0.2) is 9.91 Å². The molecule has 0 bridgehead atoms. The lowest BCUT2D eigenvalue weighted by Crippen LogP contribution is -1.88. The van der Waals surface area contributed by atoms with Gasteiger partial charge in [0, 0.05) is 28.2 Å². The average molecular weight is 253 g/mol. The van der Waals surface area contributed by atoms with Crippen molar-refractivity contribution in [2.45, 2.75) is 0 Å². The van der Waals surface area contributed by atoms with Crippen LogP contribution in [0.3, 0.4) is 0 Å². The smallest absolute Gasteiger partial charge is 0.258 e. The van der Waals surface area contributed by atoms with Crippen molar-refractivity contribution in [2.24, 2.45) is 0 Å². The van der Waals surface area contributed by atoms with Crippen molar-refractivity contribution in [3.05, 3.63) is 45.0 Å². The van der Waals surface area contributed by atoms with Crippen molar-refractivity contribution in [3.8, 4) is 0 Å². The predicted molar refractivity (Wildman–Crippen MR) is 56.1 cm³/mol. The number of hydrogen-bond acceptors (Lipinski definition) is 3. The SMILES string of the molecule is O=[N+]([O-])c1ccc2cc(Br)cnc2c1. The summed E-state index contributed by atoms with van der Waals surface area (Å²) in [7, 11) is 0. The molecule has 4 nitrogen and oxygen atoms in total. The van der Waals surface area contributed by atoms with Gasteiger partial charge in [-0.2, -0.15) is 0 Å². The lowest BCUT2D eigenvalue weighted by atomic mass is 10.2. The van der Waals surface area contributed by atoms with E-state index in [-0.39, 0.29) is 5.69 Å². The minimum atomic E-state index is -0.427. The van der Waals surface area contributed by atoms with Gasteiger partial charge in [0.15, 0.2) is 0 Å². The maximum absolute atomic E-state index is 10.5. The quantitative estimate of drug-likeness (QED) is 0.579. The number of nitro groups is 1. The van der Waals surface area contributed by atoms with E-state index >= 15 is 0 Å². The summed E-state index contributed by atoms with van der Waals surface area (Å²) in [5.74, 6) is 0. The highest BCUT2D eigenvalue weighted by Crippen LogP contribution is 2.21. The molecule has 0 atom stereocenters. The number of rotatable bonds is 1. The Bertz CT molecular complexity index is 513. The Kier molecular flexibility index (Phi) is 2.17. The highest BCUT2D eigenvalue weighted by Gasteiger charge is 2.06. The predicted octanol–water partition coefficient (Wildman–Crippen LogP) is 2.91. The molecule has 2 rings (SSSR count). The van der Waals surface area contributed by atoms with E-state index in [1.54, 1.807) is 12.3 Å². The number of hydrogen-bond donors (Lipinski definition) is 0. The molecule has 0 saturated heterocycles. The number of nitrogens with zero attached hydrogens (tertiary/aromatic N) is 2. The summed E-state index contributed by atoms with van der Waals surface area (Å²) in [4.78, 5) is 14.1. The van der Waals surface area contributed by atoms with Gasteiger partial charge in [-0.05, 0) is 28.1 Å². The monoisotopic (exact) mass is 252 g/mol. The maximum atomic E-state index is 10.5. The molecule has 0 fully saturated rings. The normalized spacial score (nSPS) is 10.4. The minimum Gasteiger partial charge on any atom is -0.258 e. The second-order valence-electron chi connectivity index (χ2n) is 2.79. The fourth-order valence-corrected chi connectivity index (χ4v) is 1.55. The first kappa shape index (κ1) is 9.08. The van der Waals surface area contributed by atoms with E-state index in [0.717, 1.165) is 9.86 Å². The zero-order valence-electron chi connectivity index (χ0n) is 6.98. The molecule has 0 N–H and O–H groups in total. The molecular weight excluding hydrogens is 248 g/mol. The third-order valence-corrected chi connectivity index (χ3v) is 2.28. The molecule has 70 valence electrons. The van der Waals surface area contributed by atoms with Crippen LogP contribution in [0.15, 0.2) is 34.9 Å². The molecule has 0 radical (unpaired) electrons. The van der Waals surface area contributed by atoms with Crippen LogP contribution in [0.5, 0.6) is 0 Å². The fraction of sp³-hybridized carbons (Fsp3) is 0. The molecule has 1 aromatic heterocycles. The van der Waals surface area contributed by atoms with Crippen molar-refractivity contribution < 1.29 is 4.92 Å². The molecule has 0 aliphatic heterocycles. The first-order valence-electron chi connectivity index (χ1n) is 3.86. The van der Waals surface area contributed by atoms with Crippen LogP contribution in [0.4, 0.5) is 5.69 Å². The number of nitro benzene ring substituents is 1. The van der Waals surface area contributed by atoms with Crippen molar-refractivity contribution in [3.63, 3.8) is 0 Å². The third-order valence-electron chi connectivity index (χ3n) is 1.85. The van der Waals surface area contributed by atoms with Crippen LogP contribution in [0, 0.1) is 10.1 Å². The highest BCUT2D eigenvalue weighted by atomic mass is 79.9. The molecule has 0 unspecified atom stereocenters. The topological polar surface area (TPSA) is 56.0 Å². The second kappa shape index (κ2) is 3.34. The summed E-state index contributed by atoms with van der Waals surface area (Å²) in [5, 5.41) is 11.4. The third kappa shape index (κ3) is 1.58. The van der Waals surface area contributed by atoms with Gasteiger partial charge in [0.05, 0.1) is 10.4 Å².